The lowest BCUT2D eigenvalue weighted by Crippen LogP contribution is -2.14. The molecule has 2 rings (SSSR count). The fourth-order valence-corrected chi connectivity index (χ4v) is 2.04. The van der Waals surface area contributed by atoms with Gasteiger partial charge < -0.3 is 15.2 Å². The number of carbonyl (C=O) groups is 1. The monoisotopic (exact) mass is 300 g/mol. The number of nitrogens with zero attached hydrogens (tertiary/aromatic N) is 1. The summed E-state index contributed by atoms with van der Waals surface area (Å²) in [5.74, 6) is -0.263. The van der Waals surface area contributed by atoms with Crippen LogP contribution in [0.2, 0.25) is 0 Å². The van der Waals surface area contributed by atoms with E-state index in [0.717, 1.165) is 17.5 Å². The van der Waals surface area contributed by atoms with Gasteiger partial charge in [-0.05, 0) is 30.2 Å². The van der Waals surface area contributed by atoms with Gasteiger partial charge in [0.05, 0.1) is 12.2 Å². The van der Waals surface area contributed by atoms with E-state index >= 15 is 0 Å². The highest BCUT2D eigenvalue weighted by molar-refractivity contribution is 5.87. The summed E-state index contributed by atoms with van der Waals surface area (Å²) in [6.07, 6.45) is 2.65. The van der Waals surface area contributed by atoms with Crippen LogP contribution >= 0.6 is 0 Å². The van der Waals surface area contributed by atoms with Crippen molar-refractivity contribution in [1.29, 1.82) is 0 Å². The maximum absolute atomic E-state index is 10.9. The number of aromatic nitrogens is 1. The minimum Gasteiger partial charge on any atom is -0.478 e. The predicted octanol–water partition coefficient (Wildman–Crippen LogP) is 2.86. The highest BCUT2D eigenvalue weighted by Crippen LogP contribution is 2.14. The Hall–Kier alpha value is -2.40. The Bertz CT molecular complexity index is 629. The molecule has 0 aliphatic heterocycles. The molecule has 2 N–H and O–H groups in total. The van der Waals surface area contributed by atoms with Gasteiger partial charge in [-0.1, -0.05) is 25.1 Å². The third-order valence-electron chi connectivity index (χ3n) is 3.11. The topological polar surface area (TPSA) is 71.5 Å². The SMILES string of the molecule is CCCOc1ncccc1CNCc1cccc(C(=O)O)c1. The van der Waals surface area contributed by atoms with E-state index in [4.69, 9.17) is 9.84 Å². The Morgan fingerprint density at radius 1 is 1.27 bits per heavy atom. The zero-order chi connectivity index (χ0) is 15.8. The average Bonchev–Trinajstić information content (AvgIpc) is 2.54. The molecule has 0 unspecified atom stereocenters. The molecule has 0 aliphatic rings. The first kappa shape index (κ1) is 16.0. The first-order valence-electron chi connectivity index (χ1n) is 7.30. The molecule has 0 amide bonds. The van der Waals surface area contributed by atoms with E-state index in [2.05, 4.69) is 17.2 Å². The number of hydrogen-bond acceptors (Lipinski definition) is 4. The highest BCUT2D eigenvalue weighted by atomic mass is 16.5. The molecule has 0 bridgehead atoms. The van der Waals surface area contributed by atoms with E-state index in [1.54, 1.807) is 24.4 Å². The molecule has 116 valence electrons. The Morgan fingerprint density at radius 2 is 2.14 bits per heavy atom. The summed E-state index contributed by atoms with van der Waals surface area (Å²) in [4.78, 5) is 15.2. The maximum Gasteiger partial charge on any atom is 0.335 e. The van der Waals surface area contributed by atoms with Gasteiger partial charge in [0.15, 0.2) is 0 Å². The van der Waals surface area contributed by atoms with Crippen molar-refractivity contribution in [2.75, 3.05) is 6.61 Å². The second kappa shape index (κ2) is 8.14. The molecule has 1 heterocycles. The molecule has 0 atom stereocenters. The Balaban J connectivity index is 1.94. The lowest BCUT2D eigenvalue weighted by molar-refractivity contribution is 0.0696. The van der Waals surface area contributed by atoms with E-state index in [0.29, 0.717) is 31.1 Å². The largest absolute Gasteiger partial charge is 0.478 e. The van der Waals surface area contributed by atoms with Crippen molar-refractivity contribution in [2.24, 2.45) is 0 Å². The summed E-state index contributed by atoms with van der Waals surface area (Å²) in [5.41, 5.74) is 2.22. The highest BCUT2D eigenvalue weighted by Gasteiger charge is 2.05. The van der Waals surface area contributed by atoms with Gasteiger partial charge in [0.25, 0.3) is 0 Å². The number of pyridine rings is 1. The molecule has 0 fully saturated rings. The van der Waals surface area contributed by atoms with Gasteiger partial charge in [-0.3, -0.25) is 0 Å². The molecule has 0 radical (unpaired) electrons. The minimum absolute atomic E-state index is 0.299. The summed E-state index contributed by atoms with van der Waals surface area (Å²) in [7, 11) is 0. The number of benzene rings is 1. The van der Waals surface area contributed by atoms with Crippen LogP contribution in [-0.4, -0.2) is 22.7 Å². The fraction of sp³-hybridized carbons (Fsp3) is 0.294. The van der Waals surface area contributed by atoms with Crippen LogP contribution in [0.1, 0.15) is 34.8 Å². The van der Waals surface area contributed by atoms with Gasteiger partial charge in [0.1, 0.15) is 0 Å². The second-order valence-corrected chi connectivity index (χ2v) is 4.93. The maximum atomic E-state index is 10.9. The first-order valence-corrected chi connectivity index (χ1v) is 7.30. The summed E-state index contributed by atoms with van der Waals surface area (Å²) in [5, 5.41) is 12.3. The quantitative estimate of drug-likeness (QED) is 0.784. The number of hydrogen-bond donors (Lipinski definition) is 2. The smallest absolute Gasteiger partial charge is 0.335 e. The van der Waals surface area contributed by atoms with Gasteiger partial charge in [-0.15, -0.1) is 0 Å². The van der Waals surface area contributed by atoms with E-state index in [1.807, 2.05) is 18.2 Å². The lowest BCUT2D eigenvalue weighted by atomic mass is 10.1. The second-order valence-electron chi connectivity index (χ2n) is 4.93. The molecule has 5 heteroatoms. The van der Waals surface area contributed by atoms with E-state index in [-0.39, 0.29) is 0 Å². The molecule has 0 spiro atoms. The fourth-order valence-electron chi connectivity index (χ4n) is 2.04. The molecule has 5 nitrogen and oxygen atoms in total. The summed E-state index contributed by atoms with van der Waals surface area (Å²) in [6.45, 7) is 3.90. The van der Waals surface area contributed by atoms with Gasteiger partial charge in [-0.2, -0.15) is 0 Å². The van der Waals surface area contributed by atoms with Crippen LogP contribution in [0.25, 0.3) is 0 Å². The van der Waals surface area contributed by atoms with Crippen molar-refractivity contribution in [2.45, 2.75) is 26.4 Å². The minimum atomic E-state index is -0.913. The summed E-state index contributed by atoms with van der Waals surface area (Å²) in [6, 6.07) is 10.8. The zero-order valence-corrected chi connectivity index (χ0v) is 12.6. The normalized spacial score (nSPS) is 10.4. The van der Waals surface area contributed by atoms with Crippen molar-refractivity contribution >= 4 is 5.97 Å². The first-order chi connectivity index (χ1) is 10.7. The lowest BCUT2D eigenvalue weighted by Gasteiger charge is -2.10. The third-order valence-corrected chi connectivity index (χ3v) is 3.11. The van der Waals surface area contributed by atoms with Crippen LogP contribution in [0, 0.1) is 0 Å². The molecule has 1 aromatic heterocycles. The van der Waals surface area contributed by atoms with Crippen molar-refractivity contribution in [3.8, 4) is 5.88 Å². The third kappa shape index (κ3) is 4.56. The zero-order valence-electron chi connectivity index (χ0n) is 12.6. The molecule has 22 heavy (non-hydrogen) atoms. The van der Waals surface area contributed by atoms with Gasteiger partial charge in [-0.25, -0.2) is 9.78 Å². The molecular weight excluding hydrogens is 280 g/mol. The number of rotatable bonds is 8. The van der Waals surface area contributed by atoms with Gasteiger partial charge in [0, 0.05) is 24.8 Å². The molecule has 0 saturated carbocycles. The number of ether oxygens (including phenoxy) is 1. The number of nitrogens with one attached hydrogen (secondary N) is 1. The van der Waals surface area contributed by atoms with Crippen LogP contribution < -0.4 is 10.1 Å². The molecule has 0 saturated heterocycles. The van der Waals surface area contributed by atoms with Gasteiger partial charge >= 0.3 is 5.97 Å². The number of carboxylic acid groups (broad SMARTS) is 1. The Morgan fingerprint density at radius 3 is 2.91 bits per heavy atom. The Labute approximate surface area is 130 Å². The van der Waals surface area contributed by atoms with Crippen molar-refractivity contribution in [1.82, 2.24) is 10.3 Å². The molecular formula is C17H20N2O3. The molecule has 2 aromatic rings. The number of aromatic carboxylic acids is 1. The van der Waals surface area contributed by atoms with Crippen LogP contribution in [0.4, 0.5) is 0 Å². The summed E-state index contributed by atoms with van der Waals surface area (Å²) >= 11 is 0. The van der Waals surface area contributed by atoms with Crippen LogP contribution in [0.5, 0.6) is 5.88 Å². The van der Waals surface area contributed by atoms with E-state index in [1.165, 1.54) is 0 Å². The van der Waals surface area contributed by atoms with Gasteiger partial charge in [0.2, 0.25) is 5.88 Å². The number of carboxylic acids is 1. The standard InChI is InChI=1S/C17H20N2O3/c1-2-9-22-16-15(7-4-8-19-16)12-18-11-13-5-3-6-14(10-13)17(20)21/h3-8,10,18H,2,9,11-12H2,1H3,(H,20,21). The van der Waals surface area contributed by atoms with Crippen LogP contribution in [0.15, 0.2) is 42.6 Å². The van der Waals surface area contributed by atoms with Crippen LogP contribution in [0.3, 0.4) is 0 Å². The van der Waals surface area contributed by atoms with E-state index in [9.17, 15) is 4.79 Å². The molecule has 0 aliphatic carbocycles. The van der Waals surface area contributed by atoms with Crippen molar-refractivity contribution in [3.63, 3.8) is 0 Å². The van der Waals surface area contributed by atoms with Crippen LogP contribution in [-0.2, 0) is 13.1 Å². The predicted molar refractivity (Wildman–Crippen MR) is 84.0 cm³/mol. The summed E-state index contributed by atoms with van der Waals surface area (Å²) < 4.78 is 5.61. The molecule has 1 aromatic carbocycles. The van der Waals surface area contributed by atoms with E-state index < -0.39 is 5.97 Å². The van der Waals surface area contributed by atoms with Crippen molar-refractivity contribution in [3.05, 3.63) is 59.3 Å². The van der Waals surface area contributed by atoms with Crippen molar-refractivity contribution < 1.29 is 14.6 Å². The Kier molecular flexibility index (Phi) is 5.91. The average molecular weight is 300 g/mol.